The van der Waals surface area contributed by atoms with Crippen LogP contribution in [0.25, 0.3) is 0 Å². The van der Waals surface area contributed by atoms with Gasteiger partial charge in [0.15, 0.2) is 0 Å². The lowest BCUT2D eigenvalue weighted by Gasteiger charge is -2.34. The van der Waals surface area contributed by atoms with Gasteiger partial charge in [-0.1, -0.05) is 0 Å². The fourth-order valence-corrected chi connectivity index (χ4v) is 1.94. The Kier molecular flexibility index (Phi) is 6.17. The Morgan fingerprint density at radius 2 is 1.60 bits per heavy atom. The minimum absolute atomic E-state index is 0.334. The smallest absolute Gasteiger partial charge is 0.0110 e. The van der Waals surface area contributed by atoms with Gasteiger partial charge in [0.2, 0.25) is 0 Å². The molecule has 4 N–H and O–H groups in total. The minimum Gasteiger partial charge on any atom is -0.330 e. The highest BCUT2D eigenvalue weighted by Gasteiger charge is 2.15. The molecule has 1 heterocycles. The summed E-state index contributed by atoms with van der Waals surface area (Å²) < 4.78 is 0. The molecule has 1 unspecified atom stereocenters. The van der Waals surface area contributed by atoms with Gasteiger partial charge in [0.05, 0.1) is 0 Å². The molecule has 0 bridgehead atoms. The monoisotopic (exact) mass is 214 g/mol. The molecule has 15 heavy (non-hydrogen) atoms. The molecule has 1 aliphatic rings. The summed E-state index contributed by atoms with van der Waals surface area (Å²) in [7, 11) is 0. The largest absolute Gasteiger partial charge is 0.330 e. The molecule has 0 spiro atoms. The van der Waals surface area contributed by atoms with Crippen LogP contribution < -0.4 is 11.5 Å². The zero-order chi connectivity index (χ0) is 11.1. The quantitative estimate of drug-likeness (QED) is 0.637. The van der Waals surface area contributed by atoms with E-state index >= 15 is 0 Å². The van der Waals surface area contributed by atoms with Crippen molar-refractivity contribution in [3.05, 3.63) is 0 Å². The van der Waals surface area contributed by atoms with Gasteiger partial charge in [-0.05, 0) is 39.4 Å². The average molecular weight is 214 g/mol. The number of piperazine rings is 1. The summed E-state index contributed by atoms with van der Waals surface area (Å²) >= 11 is 0. The molecule has 0 aromatic rings. The molecule has 1 fully saturated rings. The maximum Gasteiger partial charge on any atom is 0.0110 e. The molecule has 1 aliphatic heterocycles. The molecule has 1 atom stereocenters. The van der Waals surface area contributed by atoms with E-state index in [1.165, 1.54) is 26.2 Å². The number of nitrogens with two attached hydrogens (primary N) is 2. The van der Waals surface area contributed by atoms with E-state index in [-0.39, 0.29) is 0 Å². The van der Waals surface area contributed by atoms with Gasteiger partial charge in [-0.2, -0.15) is 0 Å². The van der Waals surface area contributed by atoms with E-state index in [4.69, 9.17) is 11.5 Å². The average Bonchev–Trinajstić information content (AvgIpc) is 2.25. The summed E-state index contributed by atoms with van der Waals surface area (Å²) in [6.07, 6.45) is 2.24. The van der Waals surface area contributed by atoms with Gasteiger partial charge in [0.1, 0.15) is 0 Å². The van der Waals surface area contributed by atoms with E-state index in [2.05, 4.69) is 16.7 Å². The highest BCUT2D eigenvalue weighted by atomic mass is 15.3. The van der Waals surface area contributed by atoms with Crippen LogP contribution in [-0.2, 0) is 0 Å². The van der Waals surface area contributed by atoms with Crippen molar-refractivity contribution in [3.8, 4) is 0 Å². The molecule has 90 valence electrons. The van der Waals surface area contributed by atoms with E-state index in [9.17, 15) is 0 Å². The summed E-state index contributed by atoms with van der Waals surface area (Å²) in [6, 6.07) is 0.334. The first-order valence-corrected chi connectivity index (χ1v) is 6.12. The predicted octanol–water partition coefficient (Wildman–Crippen LogP) is -0.310. The fraction of sp³-hybridized carbons (Fsp3) is 1.00. The molecular weight excluding hydrogens is 188 g/mol. The SMILES string of the molecule is CC(N)CCN1CCN(CCCN)CC1. The fourth-order valence-electron chi connectivity index (χ4n) is 1.94. The van der Waals surface area contributed by atoms with Crippen LogP contribution >= 0.6 is 0 Å². The van der Waals surface area contributed by atoms with Crippen LogP contribution in [0.2, 0.25) is 0 Å². The van der Waals surface area contributed by atoms with E-state index in [0.29, 0.717) is 6.04 Å². The summed E-state index contributed by atoms with van der Waals surface area (Å²) in [5, 5.41) is 0. The Hall–Kier alpha value is -0.160. The lowest BCUT2D eigenvalue weighted by molar-refractivity contribution is 0.129. The lowest BCUT2D eigenvalue weighted by Crippen LogP contribution is -2.47. The van der Waals surface area contributed by atoms with Crippen molar-refractivity contribution in [1.29, 1.82) is 0 Å². The summed E-state index contributed by atoms with van der Waals surface area (Å²) in [5.41, 5.74) is 11.3. The highest BCUT2D eigenvalue weighted by Crippen LogP contribution is 2.03. The van der Waals surface area contributed by atoms with E-state index in [1.54, 1.807) is 0 Å². The van der Waals surface area contributed by atoms with Crippen molar-refractivity contribution in [3.63, 3.8) is 0 Å². The van der Waals surface area contributed by atoms with Crippen molar-refractivity contribution in [2.45, 2.75) is 25.8 Å². The first-order chi connectivity index (χ1) is 7.22. The molecule has 1 saturated heterocycles. The Balaban J connectivity index is 2.07. The van der Waals surface area contributed by atoms with Crippen LogP contribution in [0.3, 0.4) is 0 Å². The molecule has 0 aromatic heterocycles. The maximum absolute atomic E-state index is 5.75. The third-order valence-electron chi connectivity index (χ3n) is 3.04. The van der Waals surface area contributed by atoms with Gasteiger partial charge in [0, 0.05) is 32.2 Å². The van der Waals surface area contributed by atoms with Crippen molar-refractivity contribution in [2.75, 3.05) is 45.8 Å². The van der Waals surface area contributed by atoms with Crippen molar-refractivity contribution in [1.82, 2.24) is 9.80 Å². The predicted molar refractivity (Wildman–Crippen MR) is 64.8 cm³/mol. The molecular formula is C11H26N4. The molecule has 0 radical (unpaired) electrons. The molecule has 4 heteroatoms. The number of nitrogens with zero attached hydrogens (tertiary/aromatic N) is 2. The zero-order valence-electron chi connectivity index (χ0n) is 9.99. The topological polar surface area (TPSA) is 58.5 Å². The van der Waals surface area contributed by atoms with Gasteiger partial charge in [-0.25, -0.2) is 0 Å². The molecule has 4 nitrogen and oxygen atoms in total. The third-order valence-corrected chi connectivity index (χ3v) is 3.04. The Morgan fingerprint density at radius 3 is 2.07 bits per heavy atom. The number of rotatable bonds is 6. The second-order valence-corrected chi connectivity index (χ2v) is 4.59. The number of hydrogen-bond acceptors (Lipinski definition) is 4. The Morgan fingerprint density at radius 1 is 1.07 bits per heavy atom. The van der Waals surface area contributed by atoms with Crippen molar-refractivity contribution >= 4 is 0 Å². The minimum atomic E-state index is 0.334. The Bertz CT molecular complexity index is 153. The van der Waals surface area contributed by atoms with Crippen LogP contribution in [0.1, 0.15) is 19.8 Å². The first kappa shape index (κ1) is 12.9. The highest BCUT2D eigenvalue weighted by molar-refractivity contribution is 4.72. The Labute approximate surface area is 93.6 Å². The van der Waals surface area contributed by atoms with E-state index in [1.807, 2.05) is 0 Å². The molecule has 0 aromatic carbocycles. The molecule has 1 rings (SSSR count). The summed E-state index contributed by atoms with van der Waals surface area (Å²) in [4.78, 5) is 5.03. The maximum atomic E-state index is 5.75. The second kappa shape index (κ2) is 7.17. The zero-order valence-corrected chi connectivity index (χ0v) is 9.99. The van der Waals surface area contributed by atoms with Gasteiger partial charge >= 0.3 is 0 Å². The van der Waals surface area contributed by atoms with Gasteiger partial charge in [-0.3, -0.25) is 0 Å². The molecule has 0 amide bonds. The van der Waals surface area contributed by atoms with Crippen LogP contribution in [0.4, 0.5) is 0 Å². The van der Waals surface area contributed by atoms with Crippen LogP contribution in [0.5, 0.6) is 0 Å². The lowest BCUT2D eigenvalue weighted by atomic mass is 10.2. The van der Waals surface area contributed by atoms with E-state index < -0.39 is 0 Å². The standard InChI is InChI=1S/C11H26N4/c1-11(13)3-6-15-9-7-14(8-10-15)5-2-4-12/h11H,2-10,12-13H2,1H3. The van der Waals surface area contributed by atoms with Crippen molar-refractivity contribution < 1.29 is 0 Å². The molecule has 0 aliphatic carbocycles. The summed E-state index contributed by atoms with van der Waals surface area (Å²) in [5.74, 6) is 0. The van der Waals surface area contributed by atoms with Gasteiger partial charge < -0.3 is 21.3 Å². The van der Waals surface area contributed by atoms with E-state index in [0.717, 1.165) is 32.5 Å². The van der Waals surface area contributed by atoms with Crippen LogP contribution in [0.15, 0.2) is 0 Å². The molecule has 0 saturated carbocycles. The second-order valence-electron chi connectivity index (χ2n) is 4.59. The normalized spacial score (nSPS) is 21.8. The number of hydrogen-bond donors (Lipinski definition) is 2. The first-order valence-electron chi connectivity index (χ1n) is 6.12. The van der Waals surface area contributed by atoms with Gasteiger partial charge in [-0.15, -0.1) is 0 Å². The van der Waals surface area contributed by atoms with Crippen molar-refractivity contribution in [2.24, 2.45) is 11.5 Å². The third kappa shape index (κ3) is 5.47. The van der Waals surface area contributed by atoms with Crippen LogP contribution in [0, 0.1) is 0 Å². The van der Waals surface area contributed by atoms with Crippen LogP contribution in [-0.4, -0.2) is 61.7 Å². The van der Waals surface area contributed by atoms with Gasteiger partial charge in [0.25, 0.3) is 0 Å². The summed E-state index contributed by atoms with van der Waals surface area (Å²) in [6.45, 7) is 9.98.